The predicted molar refractivity (Wildman–Crippen MR) is 210 cm³/mol. The van der Waals surface area contributed by atoms with Crippen LogP contribution < -0.4 is 0 Å². The molecule has 0 aliphatic heterocycles. The van der Waals surface area contributed by atoms with E-state index in [0.29, 0.717) is 0 Å². The van der Waals surface area contributed by atoms with E-state index in [9.17, 15) is 0 Å². The van der Waals surface area contributed by atoms with Gasteiger partial charge in [-0.3, -0.25) is 19.9 Å². The SMILES string of the molecule is C1=C(c2ccccn2)CCc2c1c1cc3c(cc1n2-c1cccnc1)-c1cc2c(cc1CC3)c1cc(-c3ccccn3)ccc1n2-c1cccnc1. The Hall–Kier alpha value is -6.66. The van der Waals surface area contributed by atoms with Gasteiger partial charge in [-0.15, -0.1) is 0 Å². The summed E-state index contributed by atoms with van der Waals surface area (Å²) in [6.45, 7) is 0. The molecule has 6 aromatic heterocycles. The predicted octanol–water partition coefficient (Wildman–Crippen LogP) is 10.2. The van der Waals surface area contributed by atoms with Gasteiger partial charge in [-0.2, -0.15) is 0 Å². The summed E-state index contributed by atoms with van der Waals surface area (Å²) in [7, 11) is 0. The molecule has 6 nitrogen and oxygen atoms in total. The Bertz CT molecular complexity index is 2870. The van der Waals surface area contributed by atoms with Gasteiger partial charge in [0.25, 0.3) is 0 Å². The van der Waals surface area contributed by atoms with E-state index in [4.69, 9.17) is 4.98 Å². The van der Waals surface area contributed by atoms with Crippen molar-refractivity contribution in [2.45, 2.75) is 25.7 Å². The second-order valence-corrected chi connectivity index (χ2v) is 13.8. The first-order chi connectivity index (χ1) is 25.8. The maximum Gasteiger partial charge on any atom is 0.0702 e. The van der Waals surface area contributed by atoms with Crippen LogP contribution in [0.15, 0.2) is 140 Å². The van der Waals surface area contributed by atoms with Crippen LogP contribution in [-0.4, -0.2) is 29.1 Å². The number of hydrogen-bond acceptors (Lipinski definition) is 4. The van der Waals surface area contributed by atoms with Crippen LogP contribution in [0.1, 0.15) is 34.5 Å². The Balaban J connectivity index is 1.16. The summed E-state index contributed by atoms with van der Waals surface area (Å²) < 4.78 is 4.82. The van der Waals surface area contributed by atoms with Crippen molar-refractivity contribution in [3.8, 4) is 33.8 Å². The Morgan fingerprint density at radius 1 is 0.481 bits per heavy atom. The van der Waals surface area contributed by atoms with E-state index in [-0.39, 0.29) is 0 Å². The standard InChI is InChI=1S/C46H32N6/c1-3-19-49-41(9-1)31-13-15-43-37(23-31)39-21-29-11-12-30-22-40-38-24-32(42-10-2-4-20-50-42)14-16-44(38)52(34-8-6-18-48-28-34)46(40)26-36(30)35(29)25-45(39)51(43)33-7-5-17-47-27-33/h1-10,13,15,17-28H,11-12,14,16H2. The van der Waals surface area contributed by atoms with Gasteiger partial charge in [-0.05, 0) is 145 Å². The highest BCUT2D eigenvalue weighted by atomic mass is 15.0. The zero-order valence-electron chi connectivity index (χ0n) is 28.4. The number of rotatable bonds is 4. The highest BCUT2D eigenvalue weighted by molar-refractivity contribution is 6.12. The largest absolute Gasteiger partial charge is 0.311 e. The molecule has 0 atom stereocenters. The Kier molecular flexibility index (Phi) is 6.40. The van der Waals surface area contributed by atoms with Crippen molar-refractivity contribution in [2.24, 2.45) is 0 Å². The summed E-state index contributed by atoms with van der Waals surface area (Å²) in [6, 6.07) is 37.2. The third kappa shape index (κ3) is 4.44. The number of allylic oxidation sites excluding steroid dienone is 1. The normalized spacial score (nSPS) is 13.6. The van der Waals surface area contributed by atoms with Gasteiger partial charge in [0, 0.05) is 57.8 Å². The first-order valence-corrected chi connectivity index (χ1v) is 17.9. The average Bonchev–Trinajstić information content (AvgIpc) is 3.71. The van der Waals surface area contributed by atoms with Gasteiger partial charge < -0.3 is 9.13 Å². The van der Waals surface area contributed by atoms with Gasteiger partial charge >= 0.3 is 0 Å². The molecule has 0 fully saturated rings. The molecule has 0 saturated carbocycles. The number of fused-ring (bicyclic) bond motifs is 9. The number of aryl methyl sites for hydroxylation is 2. The summed E-state index contributed by atoms with van der Waals surface area (Å²) in [6.07, 6.45) is 17.6. The first-order valence-electron chi connectivity index (χ1n) is 17.9. The molecule has 9 aromatic rings. The summed E-state index contributed by atoms with van der Waals surface area (Å²) in [5, 5.41) is 3.77. The summed E-state index contributed by atoms with van der Waals surface area (Å²) >= 11 is 0. The molecular formula is C46H32N6. The molecule has 0 radical (unpaired) electrons. The van der Waals surface area contributed by atoms with Crippen molar-refractivity contribution in [1.29, 1.82) is 0 Å². The zero-order chi connectivity index (χ0) is 34.2. The van der Waals surface area contributed by atoms with E-state index < -0.39 is 0 Å². The van der Waals surface area contributed by atoms with Crippen LogP contribution in [0.5, 0.6) is 0 Å². The van der Waals surface area contributed by atoms with Gasteiger partial charge in [-0.1, -0.05) is 18.2 Å². The lowest BCUT2D eigenvalue weighted by Crippen LogP contribution is -2.06. The minimum atomic E-state index is 0.939. The van der Waals surface area contributed by atoms with E-state index in [1.54, 1.807) is 0 Å². The molecule has 6 heteroatoms. The molecular weight excluding hydrogens is 637 g/mol. The highest BCUT2D eigenvalue weighted by Gasteiger charge is 2.27. The van der Waals surface area contributed by atoms with Crippen molar-refractivity contribution in [2.75, 3.05) is 0 Å². The fourth-order valence-corrected chi connectivity index (χ4v) is 8.65. The lowest BCUT2D eigenvalue weighted by Gasteiger charge is -2.21. The lowest BCUT2D eigenvalue weighted by atomic mass is 9.83. The van der Waals surface area contributed by atoms with E-state index >= 15 is 0 Å². The van der Waals surface area contributed by atoms with Gasteiger partial charge in [0.05, 0.1) is 51.7 Å². The minimum absolute atomic E-state index is 0.939. The zero-order valence-corrected chi connectivity index (χ0v) is 28.4. The quantitative estimate of drug-likeness (QED) is 0.187. The molecule has 2 aliphatic carbocycles. The fourth-order valence-electron chi connectivity index (χ4n) is 8.65. The maximum atomic E-state index is 4.71. The lowest BCUT2D eigenvalue weighted by molar-refractivity contribution is 0.891. The third-order valence-electron chi connectivity index (χ3n) is 11.0. The van der Waals surface area contributed by atoms with Crippen LogP contribution in [0.4, 0.5) is 0 Å². The van der Waals surface area contributed by atoms with Gasteiger partial charge in [-0.25, -0.2) is 0 Å². The van der Waals surface area contributed by atoms with Crippen molar-refractivity contribution in [3.63, 3.8) is 0 Å². The van der Waals surface area contributed by atoms with Crippen molar-refractivity contribution in [3.05, 3.63) is 168 Å². The molecule has 52 heavy (non-hydrogen) atoms. The molecule has 6 heterocycles. The summed E-state index contributed by atoms with van der Waals surface area (Å²) in [5.41, 5.74) is 18.2. The van der Waals surface area contributed by atoms with Crippen LogP contribution in [-0.2, 0) is 19.3 Å². The van der Waals surface area contributed by atoms with E-state index in [1.807, 2.05) is 67.5 Å². The van der Waals surface area contributed by atoms with Crippen molar-refractivity contribution in [1.82, 2.24) is 29.1 Å². The number of aromatic nitrogens is 6. The summed E-state index contributed by atoms with van der Waals surface area (Å²) in [4.78, 5) is 18.4. The number of hydrogen-bond donors (Lipinski definition) is 0. The molecule has 0 N–H and O–H groups in total. The molecule has 0 saturated heterocycles. The molecule has 0 spiro atoms. The van der Waals surface area contributed by atoms with E-state index in [2.05, 4.69) is 103 Å². The second-order valence-electron chi connectivity index (χ2n) is 13.8. The maximum absolute atomic E-state index is 4.71. The first kappa shape index (κ1) is 29.1. The molecule has 11 rings (SSSR count). The number of benzene rings is 3. The Labute approximate surface area is 300 Å². The number of nitrogens with zero attached hydrogens (tertiary/aromatic N) is 6. The minimum Gasteiger partial charge on any atom is -0.311 e. The van der Waals surface area contributed by atoms with E-state index in [1.165, 1.54) is 66.3 Å². The molecule has 246 valence electrons. The monoisotopic (exact) mass is 668 g/mol. The van der Waals surface area contributed by atoms with Crippen LogP contribution in [0.2, 0.25) is 0 Å². The van der Waals surface area contributed by atoms with Crippen molar-refractivity contribution < 1.29 is 0 Å². The molecule has 3 aromatic carbocycles. The Morgan fingerprint density at radius 3 is 1.81 bits per heavy atom. The van der Waals surface area contributed by atoms with E-state index in [0.717, 1.165) is 59.5 Å². The summed E-state index contributed by atoms with van der Waals surface area (Å²) in [5.74, 6) is 0. The topological polar surface area (TPSA) is 61.4 Å². The molecule has 0 amide bonds. The number of pyridine rings is 4. The van der Waals surface area contributed by atoms with Crippen LogP contribution >= 0.6 is 0 Å². The Morgan fingerprint density at radius 2 is 1.13 bits per heavy atom. The van der Waals surface area contributed by atoms with Gasteiger partial charge in [0.2, 0.25) is 0 Å². The van der Waals surface area contributed by atoms with Crippen LogP contribution in [0.3, 0.4) is 0 Å². The average molecular weight is 669 g/mol. The van der Waals surface area contributed by atoms with Crippen LogP contribution in [0.25, 0.3) is 78.1 Å². The fraction of sp³-hybridized carbons (Fsp3) is 0.0870. The second kappa shape index (κ2) is 11.4. The van der Waals surface area contributed by atoms with Crippen LogP contribution in [0, 0.1) is 0 Å². The third-order valence-corrected chi connectivity index (χ3v) is 11.0. The van der Waals surface area contributed by atoms with Crippen molar-refractivity contribution >= 4 is 44.4 Å². The molecule has 0 bridgehead atoms. The molecule has 0 unspecified atom stereocenters. The highest BCUT2D eigenvalue weighted by Crippen LogP contribution is 2.45. The van der Waals surface area contributed by atoms with Gasteiger partial charge in [0.15, 0.2) is 0 Å². The van der Waals surface area contributed by atoms with Gasteiger partial charge in [0.1, 0.15) is 0 Å². The molecule has 2 aliphatic rings. The smallest absolute Gasteiger partial charge is 0.0702 e.